The first-order valence-electron chi connectivity index (χ1n) is 3.79. The van der Waals surface area contributed by atoms with Gasteiger partial charge in [0, 0.05) is 13.2 Å². The van der Waals surface area contributed by atoms with Crippen LogP contribution in [-0.2, 0) is 4.79 Å². The molecule has 0 rings (SSSR count). The highest BCUT2D eigenvalue weighted by Gasteiger charge is 1.94. The summed E-state index contributed by atoms with van der Waals surface area (Å²) < 4.78 is 0. The van der Waals surface area contributed by atoms with Gasteiger partial charge in [0.05, 0.1) is 5.75 Å². The number of aliphatic hydroxyl groups excluding tert-OH is 1. The Balaban J connectivity index is 2.95. The number of thiol groups is 1. The zero-order chi connectivity index (χ0) is 8.53. The van der Waals surface area contributed by atoms with Crippen molar-refractivity contribution in [2.75, 3.05) is 18.9 Å². The van der Waals surface area contributed by atoms with Gasteiger partial charge in [-0.3, -0.25) is 4.79 Å². The SMILES string of the molecule is O=C(CS)NCCCCCO. The van der Waals surface area contributed by atoms with Gasteiger partial charge in [0.2, 0.25) is 5.91 Å². The van der Waals surface area contributed by atoms with E-state index in [9.17, 15) is 4.79 Å². The van der Waals surface area contributed by atoms with Gasteiger partial charge < -0.3 is 10.4 Å². The fourth-order valence-electron chi connectivity index (χ4n) is 0.697. The monoisotopic (exact) mass is 177 g/mol. The van der Waals surface area contributed by atoms with E-state index in [1.54, 1.807) is 0 Å². The molecule has 0 unspecified atom stereocenters. The smallest absolute Gasteiger partial charge is 0.229 e. The standard InChI is InChI=1S/C7H15NO2S/c9-5-3-1-2-4-8-7(10)6-11/h9,11H,1-6H2,(H,8,10). The normalized spacial score (nSPS) is 9.64. The lowest BCUT2D eigenvalue weighted by Gasteiger charge is -2.01. The van der Waals surface area contributed by atoms with E-state index in [0.29, 0.717) is 6.54 Å². The Kier molecular flexibility index (Phi) is 7.72. The van der Waals surface area contributed by atoms with Crippen LogP contribution in [0.15, 0.2) is 0 Å². The maximum atomic E-state index is 10.6. The van der Waals surface area contributed by atoms with Crippen LogP contribution in [0.4, 0.5) is 0 Å². The highest BCUT2D eigenvalue weighted by atomic mass is 32.1. The first kappa shape index (κ1) is 10.8. The first-order valence-corrected chi connectivity index (χ1v) is 4.43. The maximum Gasteiger partial charge on any atom is 0.229 e. The molecule has 11 heavy (non-hydrogen) atoms. The molecule has 0 aliphatic carbocycles. The van der Waals surface area contributed by atoms with Crippen molar-refractivity contribution >= 4 is 18.5 Å². The average Bonchev–Trinajstić information content (AvgIpc) is 2.04. The number of aliphatic hydroxyl groups is 1. The Morgan fingerprint density at radius 2 is 2.09 bits per heavy atom. The molecule has 0 aromatic heterocycles. The maximum absolute atomic E-state index is 10.6. The van der Waals surface area contributed by atoms with E-state index in [1.807, 2.05) is 0 Å². The van der Waals surface area contributed by atoms with Gasteiger partial charge in [-0.15, -0.1) is 0 Å². The second kappa shape index (κ2) is 7.88. The molecule has 0 fully saturated rings. The Hall–Kier alpha value is -0.220. The van der Waals surface area contributed by atoms with Crippen LogP contribution in [0.3, 0.4) is 0 Å². The molecule has 4 heteroatoms. The first-order chi connectivity index (χ1) is 5.31. The van der Waals surface area contributed by atoms with Crippen LogP contribution in [0.2, 0.25) is 0 Å². The van der Waals surface area contributed by atoms with E-state index >= 15 is 0 Å². The summed E-state index contributed by atoms with van der Waals surface area (Å²) in [7, 11) is 0. The lowest BCUT2D eigenvalue weighted by atomic mass is 10.2. The largest absolute Gasteiger partial charge is 0.396 e. The second-order valence-corrected chi connectivity index (χ2v) is 2.61. The number of carbonyl (C=O) groups is 1. The molecule has 0 aromatic rings. The lowest BCUT2D eigenvalue weighted by molar-refractivity contribution is -0.118. The Morgan fingerprint density at radius 1 is 1.36 bits per heavy atom. The fraction of sp³-hybridized carbons (Fsp3) is 0.857. The van der Waals surface area contributed by atoms with Crippen molar-refractivity contribution in [3.63, 3.8) is 0 Å². The van der Waals surface area contributed by atoms with Gasteiger partial charge >= 0.3 is 0 Å². The van der Waals surface area contributed by atoms with Gasteiger partial charge in [-0.05, 0) is 19.3 Å². The van der Waals surface area contributed by atoms with Crippen LogP contribution >= 0.6 is 12.6 Å². The summed E-state index contributed by atoms with van der Waals surface area (Å²) in [4.78, 5) is 10.6. The van der Waals surface area contributed by atoms with Crippen molar-refractivity contribution in [1.82, 2.24) is 5.32 Å². The molecular formula is C7H15NO2S. The summed E-state index contributed by atoms with van der Waals surface area (Å²) >= 11 is 3.81. The van der Waals surface area contributed by atoms with Gasteiger partial charge in [0.15, 0.2) is 0 Å². The molecule has 0 spiro atoms. The average molecular weight is 177 g/mol. The topological polar surface area (TPSA) is 49.3 Å². The summed E-state index contributed by atoms with van der Waals surface area (Å²) in [5.74, 6) is 0.220. The molecule has 0 aliphatic rings. The van der Waals surface area contributed by atoms with E-state index in [-0.39, 0.29) is 18.3 Å². The van der Waals surface area contributed by atoms with Crippen LogP contribution in [-0.4, -0.2) is 29.9 Å². The van der Waals surface area contributed by atoms with Crippen LogP contribution < -0.4 is 5.32 Å². The summed E-state index contributed by atoms with van der Waals surface area (Å²) in [6.45, 7) is 0.930. The molecule has 0 heterocycles. The van der Waals surface area contributed by atoms with Crippen molar-refractivity contribution in [2.45, 2.75) is 19.3 Å². The molecule has 0 saturated carbocycles. The summed E-state index contributed by atoms with van der Waals surface area (Å²) in [5, 5.41) is 11.1. The van der Waals surface area contributed by atoms with Gasteiger partial charge in [0.1, 0.15) is 0 Å². The molecule has 0 saturated heterocycles. The third-order valence-corrected chi connectivity index (χ3v) is 1.59. The molecule has 66 valence electrons. The zero-order valence-corrected chi connectivity index (χ0v) is 7.44. The highest BCUT2D eigenvalue weighted by Crippen LogP contribution is 1.91. The van der Waals surface area contributed by atoms with Crippen molar-refractivity contribution in [2.24, 2.45) is 0 Å². The molecule has 2 N–H and O–H groups in total. The number of hydrogen-bond acceptors (Lipinski definition) is 3. The number of carbonyl (C=O) groups excluding carboxylic acids is 1. The number of hydrogen-bond donors (Lipinski definition) is 3. The molecule has 0 radical (unpaired) electrons. The van der Waals surface area contributed by atoms with E-state index in [4.69, 9.17) is 5.11 Å². The summed E-state index contributed by atoms with van der Waals surface area (Å²) in [6, 6.07) is 0. The van der Waals surface area contributed by atoms with Crippen molar-refractivity contribution < 1.29 is 9.90 Å². The Morgan fingerprint density at radius 3 is 2.64 bits per heavy atom. The van der Waals surface area contributed by atoms with Gasteiger partial charge in [-0.2, -0.15) is 12.6 Å². The van der Waals surface area contributed by atoms with Crippen LogP contribution in [0.1, 0.15) is 19.3 Å². The second-order valence-electron chi connectivity index (χ2n) is 2.29. The predicted molar refractivity (Wildman–Crippen MR) is 47.8 cm³/mol. The van der Waals surface area contributed by atoms with E-state index < -0.39 is 0 Å². The number of nitrogens with one attached hydrogen (secondary N) is 1. The van der Waals surface area contributed by atoms with E-state index in [0.717, 1.165) is 19.3 Å². The quantitative estimate of drug-likeness (QED) is 0.401. The number of amides is 1. The minimum Gasteiger partial charge on any atom is -0.396 e. The molecule has 0 bridgehead atoms. The predicted octanol–water partition coefficient (Wildman–Crippen LogP) is 0.195. The van der Waals surface area contributed by atoms with Crippen molar-refractivity contribution in [1.29, 1.82) is 0 Å². The summed E-state index contributed by atoms with van der Waals surface area (Å²) in [6.07, 6.45) is 2.71. The molecular weight excluding hydrogens is 162 g/mol. The van der Waals surface area contributed by atoms with Crippen LogP contribution in [0.5, 0.6) is 0 Å². The minimum atomic E-state index is -0.0302. The van der Waals surface area contributed by atoms with Gasteiger partial charge in [-0.25, -0.2) is 0 Å². The highest BCUT2D eigenvalue weighted by molar-refractivity contribution is 7.81. The minimum absolute atomic E-state index is 0.0302. The zero-order valence-electron chi connectivity index (χ0n) is 6.55. The van der Waals surface area contributed by atoms with Gasteiger partial charge in [0.25, 0.3) is 0 Å². The third kappa shape index (κ3) is 7.68. The Bertz CT molecular complexity index is 109. The van der Waals surface area contributed by atoms with E-state index in [1.165, 1.54) is 0 Å². The van der Waals surface area contributed by atoms with Crippen molar-refractivity contribution in [3.05, 3.63) is 0 Å². The fourth-order valence-corrected chi connectivity index (χ4v) is 0.809. The van der Waals surface area contributed by atoms with Gasteiger partial charge in [-0.1, -0.05) is 0 Å². The lowest BCUT2D eigenvalue weighted by Crippen LogP contribution is -2.25. The summed E-state index contributed by atoms with van der Waals surface area (Å²) in [5.41, 5.74) is 0. The molecule has 0 atom stereocenters. The third-order valence-electron chi connectivity index (χ3n) is 1.30. The number of unbranched alkanes of at least 4 members (excludes halogenated alkanes) is 2. The van der Waals surface area contributed by atoms with Crippen LogP contribution in [0.25, 0.3) is 0 Å². The molecule has 1 amide bonds. The number of rotatable bonds is 6. The molecule has 0 aromatic carbocycles. The van der Waals surface area contributed by atoms with E-state index in [2.05, 4.69) is 17.9 Å². The van der Waals surface area contributed by atoms with Crippen molar-refractivity contribution in [3.8, 4) is 0 Å². The Labute approximate surface area is 72.6 Å². The molecule has 0 aliphatic heterocycles. The van der Waals surface area contributed by atoms with Crippen LogP contribution in [0, 0.1) is 0 Å². The molecule has 3 nitrogen and oxygen atoms in total.